The van der Waals surface area contributed by atoms with Crippen molar-refractivity contribution in [2.24, 2.45) is 17.8 Å². The van der Waals surface area contributed by atoms with Gasteiger partial charge in [0, 0.05) is 11.6 Å². The van der Waals surface area contributed by atoms with Crippen LogP contribution in [0.1, 0.15) is 71.9 Å². The van der Waals surface area contributed by atoms with Crippen LogP contribution in [0.25, 0.3) is 11.4 Å². The summed E-state index contributed by atoms with van der Waals surface area (Å²) in [6, 6.07) is 19.4. The van der Waals surface area contributed by atoms with Crippen LogP contribution in [0.4, 0.5) is 5.82 Å². The van der Waals surface area contributed by atoms with Crippen LogP contribution >= 0.6 is 0 Å². The second-order valence-electron chi connectivity index (χ2n) is 11.7. The van der Waals surface area contributed by atoms with Crippen LogP contribution in [0.15, 0.2) is 73.1 Å². The van der Waals surface area contributed by atoms with E-state index in [0.717, 1.165) is 36.3 Å². The van der Waals surface area contributed by atoms with Gasteiger partial charge in [-0.25, -0.2) is 14.2 Å². The molecule has 0 spiro atoms. The SMILES string of the molecule is CCOC(=O)c1cnn(-c2ccccc2)c1NC(=O)c1cn(-c2ccccc2)nc1C12CC3CC(CC(C3)C1)C2. The molecule has 2 aromatic carbocycles. The number of rotatable bonds is 7. The number of ether oxygens (including phenoxy) is 1. The Morgan fingerprint density at radius 1 is 0.900 bits per heavy atom. The van der Waals surface area contributed by atoms with Gasteiger partial charge in [0.2, 0.25) is 0 Å². The monoisotopic (exact) mass is 535 g/mol. The minimum atomic E-state index is -0.527. The van der Waals surface area contributed by atoms with Gasteiger partial charge < -0.3 is 10.1 Å². The maximum absolute atomic E-state index is 14.2. The van der Waals surface area contributed by atoms with Gasteiger partial charge in [0.25, 0.3) is 5.91 Å². The summed E-state index contributed by atoms with van der Waals surface area (Å²) in [5.41, 5.74) is 3.21. The van der Waals surface area contributed by atoms with Crippen LogP contribution in [-0.4, -0.2) is 38.0 Å². The highest BCUT2D eigenvalue weighted by Gasteiger charge is 2.54. The molecule has 4 aromatic rings. The number of hydrogen-bond donors (Lipinski definition) is 1. The number of nitrogens with zero attached hydrogens (tertiary/aromatic N) is 4. The zero-order chi connectivity index (χ0) is 27.3. The largest absolute Gasteiger partial charge is 0.462 e. The Bertz CT molecular complexity index is 1520. The lowest BCUT2D eigenvalue weighted by atomic mass is 9.48. The van der Waals surface area contributed by atoms with Crippen LogP contribution in [-0.2, 0) is 10.2 Å². The summed E-state index contributed by atoms with van der Waals surface area (Å²) >= 11 is 0. The smallest absolute Gasteiger partial charge is 0.343 e. The first-order valence-electron chi connectivity index (χ1n) is 14.3. The van der Waals surface area contributed by atoms with Crippen LogP contribution in [0.5, 0.6) is 0 Å². The van der Waals surface area contributed by atoms with Crippen molar-refractivity contribution in [3.8, 4) is 11.4 Å². The summed E-state index contributed by atoms with van der Waals surface area (Å²) in [5, 5.41) is 12.6. The molecule has 0 aliphatic heterocycles. The van der Waals surface area contributed by atoms with Crippen molar-refractivity contribution in [3.63, 3.8) is 0 Å². The molecule has 204 valence electrons. The van der Waals surface area contributed by atoms with Gasteiger partial charge >= 0.3 is 5.97 Å². The maximum Gasteiger partial charge on any atom is 0.343 e. The first kappa shape index (κ1) is 24.8. The zero-order valence-corrected chi connectivity index (χ0v) is 22.6. The van der Waals surface area contributed by atoms with E-state index in [1.807, 2.05) is 71.5 Å². The molecule has 4 bridgehead atoms. The van der Waals surface area contributed by atoms with Gasteiger partial charge in [-0.05, 0) is 87.5 Å². The number of amides is 1. The average Bonchev–Trinajstić information content (AvgIpc) is 3.59. The number of benzene rings is 2. The van der Waals surface area contributed by atoms with Crippen molar-refractivity contribution in [2.75, 3.05) is 11.9 Å². The highest BCUT2D eigenvalue weighted by atomic mass is 16.5. The Labute approximate surface area is 233 Å². The number of carbonyl (C=O) groups excluding carboxylic acids is 2. The summed E-state index contributed by atoms with van der Waals surface area (Å²) in [4.78, 5) is 27.1. The number of anilines is 1. The third-order valence-electron chi connectivity index (χ3n) is 9.02. The van der Waals surface area contributed by atoms with E-state index >= 15 is 0 Å². The quantitative estimate of drug-likeness (QED) is 0.295. The lowest BCUT2D eigenvalue weighted by molar-refractivity contribution is -0.00765. The first-order chi connectivity index (χ1) is 19.5. The molecule has 2 heterocycles. The number of esters is 1. The molecule has 40 heavy (non-hydrogen) atoms. The standard InChI is InChI=1S/C32H33N5O3/c1-2-40-31(39)26-19-33-37(25-11-7-4-8-12-25)29(26)34-30(38)27-20-36(24-9-5-3-6-10-24)35-28(27)32-16-21-13-22(17-32)15-23(14-21)18-32/h3-12,19-23H,2,13-18H2,1H3,(H,34,38). The van der Waals surface area contributed by atoms with Gasteiger partial charge in [-0.15, -0.1) is 0 Å². The lowest BCUT2D eigenvalue weighted by Gasteiger charge is -2.56. The number of carbonyl (C=O) groups is 2. The van der Waals surface area contributed by atoms with Gasteiger partial charge in [0.1, 0.15) is 5.56 Å². The van der Waals surface area contributed by atoms with Crippen molar-refractivity contribution in [2.45, 2.75) is 50.9 Å². The van der Waals surface area contributed by atoms with Crippen molar-refractivity contribution < 1.29 is 14.3 Å². The molecule has 0 saturated heterocycles. The van der Waals surface area contributed by atoms with E-state index in [-0.39, 0.29) is 23.5 Å². The molecule has 8 nitrogen and oxygen atoms in total. The average molecular weight is 536 g/mol. The van der Waals surface area contributed by atoms with Crippen molar-refractivity contribution in [3.05, 3.63) is 89.9 Å². The van der Waals surface area contributed by atoms with Crippen LogP contribution in [0.3, 0.4) is 0 Å². The minimum absolute atomic E-state index is 0.0922. The Morgan fingerprint density at radius 2 is 1.50 bits per heavy atom. The number of nitrogens with one attached hydrogen (secondary N) is 1. The molecule has 0 atom stereocenters. The number of hydrogen-bond acceptors (Lipinski definition) is 5. The van der Waals surface area contributed by atoms with Gasteiger partial charge in [0.05, 0.1) is 35.4 Å². The summed E-state index contributed by atoms with van der Waals surface area (Å²) in [5.74, 6) is 1.59. The Kier molecular flexibility index (Phi) is 6.06. The summed E-state index contributed by atoms with van der Waals surface area (Å²) in [6.45, 7) is 1.98. The normalized spacial score (nSPS) is 24.7. The van der Waals surface area contributed by atoms with E-state index in [9.17, 15) is 9.59 Å². The van der Waals surface area contributed by atoms with Gasteiger partial charge in [0.15, 0.2) is 5.82 Å². The van der Waals surface area contributed by atoms with Gasteiger partial charge in [-0.2, -0.15) is 10.2 Å². The molecule has 4 saturated carbocycles. The van der Waals surface area contributed by atoms with Crippen molar-refractivity contribution in [1.82, 2.24) is 19.6 Å². The number of aromatic nitrogens is 4. The summed E-state index contributed by atoms with van der Waals surface area (Å²) in [6.07, 6.45) is 10.5. The molecule has 0 unspecified atom stereocenters. The third-order valence-corrected chi connectivity index (χ3v) is 9.02. The van der Waals surface area contributed by atoms with Crippen LogP contribution in [0.2, 0.25) is 0 Å². The fourth-order valence-corrected chi connectivity index (χ4v) is 7.81. The van der Waals surface area contributed by atoms with Gasteiger partial charge in [-0.3, -0.25) is 4.79 Å². The highest BCUT2D eigenvalue weighted by molar-refractivity contribution is 6.08. The van der Waals surface area contributed by atoms with Crippen molar-refractivity contribution >= 4 is 17.7 Å². The van der Waals surface area contributed by atoms with E-state index in [2.05, 4.69) is 10.4 Å². The van der Waals surface area contributed by atoms with E-state index in [1.165, 1.54) is 25.5 Å². The van der Waals surface area contributed by atoms with E-state index in [0.29, 0.717) is 29.1 Å². The fourth-order valence-electron chi connectivity index (χ4n) is 7.81. The molecule has 1 amide bonds. The zero-order valence-electron chi connectivity index (χ0n) is 22.6. The molecule has 4 aliphatic rings. The summed E-state index contributed by atoms with van der Waals surface area (Å²) < 4.78 is 8.71. The van der Waals surface area contributed by atoms with Crippen LogP contribution in [0, 0.1) is 17.8 Å². The van der Waals surface area contributed by atoms with Crippen LogP contribution < -0.4 is 5.32 Å². The predicted molar refractivity (Wildman–Crippen MR) is 151 cm³/mol. The van der Waals surface area contributed by atoms with E-state index in [4.69, 9.17) is 9.84 Å². The molecule has 2 aromatic heterocycles. The molecule has 0 radical (unpaired) electrons. The highest BCUT2D eigenvalue weighted by Crippen LogP contribution is 2.61. The van der Waals surface area contributed by atoms with E-state index in [1.54, 1.807) is 11.6 Å². The second kappa shape index (κ2) is 9.77. The number of para-hydroxylation sites is 2. The Balaban J connectivity index is 1.32. The molecule has 8 rings (SSSR count). The lowest BCUT2D eigenvalue weighted by Crippen LogP contribution is -2.49. The maximum atomic E-state index is 14.2. The minimum Gasteiger partial charge on any atom is -0.462 e. The fraction of sp³-hybridized carbons (Fsp3) is 0.375. The Hall–Kier alpha value is -4.20. The van der Waals surface area contributed by atoms with Crippen molar-refractivity contribution in [1.29, 1.82) is 0 Å². The summed E-state index contributed by atoms with van der Waals surface area (Å²) in [7, 11) is 0. The Morgan fingerprint density at radius 3 is 2.10 bits per heavy atom. The predicted octanol–water partition coefficient (Wildman–Crippen LogP) is 5.95. The molecule has 4 fully saturated rings. The molecule has 1 N–H and O–H groups in total. The molecular weight excluding hydrogens is 502 g/mol. The van der Waals surface area contributed by atoms with Gasteiger partial charge in [-0.1, -0.05) is 36.4 Å². The van der Waals surface area contributed by atoms with E-state index < -0.39 is 5.97 Å². The third kappa shape index (κ3) is 4.22. The molecule has 4 aliphatic carbocycles. The molecular formula is C32H33N5O3. The second-order valence-corrected chi connectivity index (χ2v) is 11.7. The topological polar surface area (TPSA) is 91.0 Å². The molecule has 8 heteroatoms. The first-order valence-corrected chi connectivity index (χ1v) is 14.3.